The van der Waals surface area contributed by atoms with Crippen LogP contribution in [0.1, 0.15) is 18.4 Å². The van der Waals surface area contributed by atoms with Crippen molar-refractivity contribution in [2.45, 2.75) is 24.2 Å². The first-order valence-electron chi connectivity index (χ1n) is 6.60. The van der Waals surface area contributed by atoms with E-state index in [-0.39, 0.29) is 10.8 Å². The van der Waals surface area contributed by atoms with Gasteiger partial charge in [0.1, 0.15) is 0 Å². The molecule has 1 aromatic rings. The van der Waals surface area contributed by atoms with Crippen molar-refractivity contribution < 1.29 is 13.2 Å². The number of fused-ring (bicyclic) bond motifs is 1. The van der Waals surface area contributed by atoms with Gasteiger partial charge in [0.25, 0.3) is 0 Å². The van der Waals surface area contributed by atoms with Gasteiger partial charge in [-0.2, -0.15) is 0 Å². The molecule has 0 aliphatic carbocycles. The fourth-order valence-corrected chi connectivity index (χ4v) is 3.19. The second-order valence-electron chi connectivity index (χ2n) is 4.72. The average molecular weight is 297 g/mol. The zero-order valence-corrected chi connectivity index (χ0v) is 12.2. The van der Waals surface area contributed by atoms with Gasteiger partial charge in [-0.15, -0.1) is 0 Å². The van der Waals surface area contributed by atoms with Crippen LogP contribution in [-0.2, 0) is 21.2 Å². The van der Waals surface area contributed by atoms with Gasteiger partial charge in [0, 0.05) is 25.2 Å². The van der Waals surface area contributed by atoms with E-state index in [1.165, 1.54) is 6.07 Å². The molecule has 2 rings (SSSR count). The lowest BCUT2D eigenvalue weighted by Crippen LogP contribution is -2.30. The summed E-state index contributed by atoms with van der Waals surface area (Å²) in [5, 5.41) is 5.67. The predicted octanol–water partition coefficient (Wildman–Crippen LogP) is 0.459. The van der Waals surface area contributed by atoms with E-state index in [1.807, 2.05) is 0 Å². The molecule has 20 heavy (non-hydrogen) atoms. The van der Waals surface area contributed by atoms with Crippen molar-refractivity contribution in [3.8, 4) is 0 Å². The van der Waals surface area contributed by atoms with Crippen molar-refractivity contribution in [3.63, 3.8) is 0 Å². The molecule has 1 heterocycles. The van der Waals surface area contributed by atoms with Gasteiger partial charge < -0.3 is 10.6 Å². The molecule has 1 amide bonds. The molecule has 0 aromatic heterocycles. The van der Waals surface area contributed by atoms with Gasteiger partial charge in [0.15, 0.2) is 0 Å². The summed E-state index contributed by atoms with van der Waals surface area (Å²) in [6.07, 6.45) is 1.90. The summed E-state index contributed by atoms with van der Waals surface area (Å²) in [6, 6.07) is 4.82. The van der Waals surface area contributed by atoms with E-state index in [1.54, 1.807) is 19.2 Å². The third-order valence-electron chi connectivity index (χ3n) is 3.18. The summed E-state index contributed by atoms with van der Waals surface area (Å²) >= 11 is 0. The minimum Gasteiger partial charge on any atom is -0.326 e. The predicted molar refractivity (Wildman–Crippen MR) is 77.1 cm³/mol. The van der Waals surface area contributed by atoms with Gasteiger partial charge in [0.2, 0.25) is 15.9 Å². The second-order valence-corrected chi connectivity index (χ2v) is 6.49. The van der Waals surface area contributed by atoms with Crippen LogP contribution < -0.4 is 15.4 Å². The highest BCUT2D eigenvalue weighted by Gasteiger charge is 2.18. The number of likely N-dealkylation sites (N-methyl/N-ethyl adjacent to an activating group) is 1. The molecule has 1 aliphatic rings. The third kappa shape index (κ3) is 3.56. The second kappa shape index (κ2) is 6.34. The van der Waals surface area contributed by atoms with Crippen LogP contribution in [0, 0.1) is 0 Å². The van der Waals surface area contributed by atoms with Crippen LogP contribution in [-0.4, -0.2) is 34.5 Å². The number of aryl methyl sites for hydroxylation is 1. The maximum Gasteiger partial charge on any atom is 0.240 e. The Morgan fingerprint density at radius 2 is 2.05 bits per heavy atom. The van der Waals surface area contributed by atoms with Crippen molar-refractivity contribution in [1.82, 2.24) is 10.0 Å². The molecule has 0 saturated carbocycles. The number of sulfonamides is 1. The van der Waals surface area contributed by atoms with E-state index < -0.39 is 10.0 Å². The Hall–Kier alpha value is -1.44. The lowest BCUT2D eigenvalue weighted by molar-refractivity contribution is -0.116. The van der Waals surface area contributed by atoms with Crippen molar-refractivity contribution in [2.24, 2.45) is 0 Å². The number of hydrogen-bond acceptors (Lipinski definition) is 4. The summed E-state index contributed by atoms with van der Waals surface area (Å²) in [6.45, 7) is 0.910. The molecule has 3 N–H and O–H groups in total. The molecule has 1 aliphatic heterocycles. The lowest BCUT2D eigenvalue weighted by Gasteiger charge is -2.11. The van der Waals surface area contributed by atoms with Crippen molar-refractivity contribution in [3.05, 3.63) is 23.8 Å². The molecule has 1 aromatic carbocycles. The number of rotatable bonds is 5. The molecule has 0 fully saturated rings. The molecule has 0 radical (unpaired) electrons. The number of carbonyl (C=O) groups excluding carboxylic acids is 1. The Balaban J connectivity index is 2.22. The molecule has 0 spiro atoms. The smallest absolute Gasteiger partial charge is 0.240 e. The van der Waals surface area contributed by atoms with Gasteiger partial charge in [-0.3, -0.25) is 4.79 Å². The molecule has 0 saturated heterocycles. The standard InChI is InChI=1S/C13H19N3O3S/c1-14-7-8-15-20(18,19)11-5-6-12-10(9-11)3-2-4-13(17)16-12/h5-6,9,14-15H,2-4,7-8H2,1H3,(H,16,17). The number of carbonyl (C=O) groups is 1. The van der Waals surface area contributed by atoms with Gasteiger partial charge in [0.05, 0.1) is 4.90 Å². The van der Waals surface area contributed by atoms with Crippen LogP contribution in [0.25, 0.3) is 0 Å². The Morgan fingerprint density at radius 3 is 2.80 bits per heavy atom. The largest absolute Gasteiger partial charge is 0.326 e. The van der Waals surface area contributed by atoms with Crippen molar-refractivity contribution in [2.75, 3.05) is 25.5 Å². The van der Waals surface area contributed by atoms with E-state index in [0.29, 0.717) is 31.6 Å². The highest BCUT2D eigenvalue weighted by molar-refractivity contribution is 7.89. The van der Waals surface area contributed by atoms with Gasteiger partial charge in [-0.25, -0.2) is 13.1 Å². The Bertz CT molecular complexity index is 599. The maximum atomic E-state index is 12.1. The SMILES string of the molecule is CNCCNS(=O)(=O)c1ccc2c(c1)CCCC(=O)N2. The summed E-state index contributed by atoms with van der Waals surface area (Å²) in [5.41, 5.74) is 1.58. The van der Waals surface area contributed by atoms with E-state index in [2.05, 4.69) is 15.4 Å². The normalized spacial score (nSPS) is 15.3. The number of amides is 1. The Morgan fingerprint density at radius 1 is 1.25 bits per heavy atom. The Labute approximate surface area is 119 Å². The third-order valence-corrected chi connectivity index (χ3v) is 4.64. The highest BCUT2D eigenvalue weighted by atomic mass is 32.2. The number of hydrogen-bond donors (Lipinski definition) is 3. The minimum absolute atomic E-state index is 0.0218. The van der Waals surface area contributed by atoms with E-state index in [9.17, 15) is 13.2 Å². The molecular weight excluding hydrogens is 278 g/mol. The topological polar surface area (TPSA) is 87.3 Å². The lowest BCUT2D eigenvalue weighted by atomic mass is 10.1. The quantitative estimate of drug-likeness (QED) is 0.689. The number of nitrogens with one attached hydrogen (secondary N) is 3. The van der Waals surface area contributed by atoms with Gasteiger partial charge >= 0.3 is 0 Å². The summed E-state index contributed by atoms with van der Waals surface area (Å²) in [7, 11) is -1.73. The van der Waals surface area contributed by atoms with Gasteiger partial charge in [-0.05, 0) is 43.7 Å². The molecule has 0 atom stereocenters. The summed E-state index contributed by atoms with van der Waals surface area (Å²) in [4.78, 5) is 11.7. The maximum absolute atomic E-state index is 12.1. The monoisotopic (exact) mass is 297 g/mol. The fourth-order valence-electron chi connectivity index (χ4n) is 2.11. The van der Waals surface area contributed by atoms with Crippen LogP contribution >= 0.6 is 0 Å². The fraction of sp³-hybridized carbons (Fsp3) is 0.462. The zero-order chi connectivity index (χ0) is 14.6. The van der Waals surface area contributed by atoms with Gasteiger partial charge in [-0.1, -0.05) is 0 Å². The van der Waals surface area contributed by atoms with Crippen LogP contribution in [0.15, 0.2) is 23.1 Å². The van der Waals surface area contributed by atoms with Crippen molar-refractivity contribution >= 4 is 21.6 Å². The van der Waals surface area contributed by atoms with Crippen LogP contribution in [0.5, 0.6) is 0 Å². The first kappa shape index (κ1) is 15.0. The Kier molecular flexibility index (Phi) is 4.74. The summed E-state index contributed by atoms with van der Waals surface area (Å²) in [5.74, 6) is -0.0218. The molecule has 6 nitrogen and oxygen atoms in total. The van der Waals surface area contributed by atoms with Crippen LogP contribution in [0.4, 0.5) is 5.69 Å². The zero-order valence-electron chi connectivity index (χ0n) is 11.4. The van der Waals surface area contributed by atoms with E-state index in [4.69, 9.17) is 0 Å². The van der Waals surface area contributed by atoms with E-state index >= 15 is 0 Å². The van der Waals surface area contributed by atoms with Crippen LogP contribution in [0.3, 0.4) is 0 Å². The highest BCUT2D eigenvalue weighted by Crippen LogP contribution is 2.24. The number of anilines is 1. The first-order chi connectivity index (χ1) is 9.53. The number of benzene rings is 1. The van der Waals surface area contributed by atoms with E-state index in [0.717, 1.165) is 12.0 Å². The van der Waals surface area contributed by atoms with Crippen molar-refractivity contribution in [1.29, 1.82) is 0 Å². The van der Waals surface area contributed by atoms with Crippen LogP contribution in [0.2, 0.25) is 0 Å². The molecule has 110 valence electrons. The average Bonchev–Trinajstić information content (AvgIpc) is 2.58. The first-order valence-corrected chi connectivity index (χ1v) is 8.08. The molecule has 0 unspecified atom stereocenters. The molecular formula is C13H19N3O3S. The molecule has 7 heteroatoms. The molecule has 0 bridgehead atoms. The summed E-state index contributed by atoms with van der Waals surface area (Å²) < 4.78 is 26.8. The minimum atomic E-state index is -3.49.